The van der Waals surface area contributed by atoms with Crippen LogP contribution >= 0.6 is 0 Å². The fraction of sp³-hybridized carbons (Fsp3) is 0.571. The van der Waals surface area contributed by atoms with E-state index in [1.54, 1.807) is 7.11 Å². The summed E-state index contributed by atoms with van der Waals surface area (Å²) in [7, 11) is 1.73. The monoisotopic (exact) mass is 235 g/mol. The number of aryl methyl sites for hydroxylation is 2. The van der Waals surface area contributed by atoms with Crippen molar-refractivity contribution >= 4 is 0 Å². The van der Waals surface area contributed by atoms with Gasteiger partial charge in [0.05, 0.1) is 19.8 Å². The minimum Gasteiger partial charge on any atom is -0.496 e. The fourth-order valence-electron chi connectivity index (χ4n) is 2.20. The molecule has 0 amide bonds. The van der Waals surface area contributed by atoms with Gasteiger partial charge in [-0.05, 0) is 36.6 Å². The molecule has 1 unspecified atom stereocenters. The van der Waals surface area contributed by atoms with Gasteiger partial charge in [-0.25, -0.2) is 0 Å². The molecule has 0 spiro atoms. The first-order chi connectivity index (χ1) is 8.20. The molecule has 2 rings (SSSR count). The summed E-state index contributed by atoms with van der Waals surface area (Å²) >= 11 is 0. The van der Waals surface area contributed by atoms with Crippen molar-refractivity contribution in [3.8, 4) is 5.75 Å². The lowest BCUT2D eigenvalue weighted by Gasteiger charge is -2.24. The van der Waals surface area contributed by atoms with E-state index >= 15 is 0 Å². The second-order valence-corrected chi connectivity index (χ2v) is 4.65. The van der Waals surface area contributed by atoms with E-state index in [-0.39, 0.29) is 6.10 Å². The van der Waals surface area contributed by atoms with Crippen LogP contribution in [0.15, 0.2) is 12.1 Å². The molecule has 0 aromatic heterocycles. The summed E-state index contributed by atoms with van der Waals surface area (Å²) in [4.78, 5) is 0. The maximum atomic E-state index is 5.73. The Morgan fingerprint density at radius 3 is 2.76 bits per heavy atom. The smallest absolute Gasteiger partial charge is 0.122 e. The molecule has 3 heteroatoms. The third-order valence-corrected chi connectivity index (χ3v) is 3.35. The van der Waals surface area contributed by atoms with Gasteiger partial charge in [0, 0.05) is 19.5 Å². The molecule has 0 saturated carbocycles. The Morgan fingerprint density at radius 1 is 1.35 bits per heavy atom. The van der Waals surface area contributed by atoms with E-state index in [0.717, 1.165) is 31.9 Å². The molecular formula is C14H21NO2. The van der Waals surface area contributed by atoms with Crippen LogP contribution in [0.3, 0.4) is 0 Å². The minimum absolute atomic E-state index is 0.264. The number of methoxy groups -OCH3 is 1. The largest absolute Gasteiger partial charge is 0.496 e. The van der Waals surface area contributed by atoms with Crippen LogP contribution in [-0.4, -0.2) is 32.9 Å². The molecule has 1 N–H and O–H groups in total. The number of hydrogen-bond donors (Lipinski definition) is 1. The fourth-order valence-corrected chi connectivity index (χ4v) is 2.20. The van der Waals surface area contributed by atoms with E-state index in [4.69, 9.17) is 9.47 Å². The Balaban J connectivity index is 2.15. The number of morpholine rings is 1. The van der Waals surface area contributed by atoms with E-state index < -0.39 is 0 Å². The van der Waals surface area contributed by atoms with Crippen LogP contribution in [0.4, 0.5) is 0 Å². The Bertz CT molecular complexity index is 384. The van der Waals surface area contributed by atoms with E-state index in [1.807, 2.05) is 0 Å². The van der Waals surface area contributed by atoms with Crippen molar-refractivity contribution in [3.63, 3.8) is 0 Å². The van der Waals surface area contributed by atoms with Gasteiger partial charge in [0.2, 0.25) is 0 Å². The average Bonchev–Trinajstić information content (AvgIpc) is 2.35. The van der Waals surface area contributed by atoms with Gasteiger partial charge in [-0.1, -0.05) is 6.07 Å². The molecule has 1 fully saturated rings. The number of nitrogens with one attached hydrogen (secondary N) is 1. The molecular weight excluding hydrogens is 214 g/mol. The molecule has 1 saturated heterocycles. The standard InChI is InChI=1S/C14H21NO2/c1-10-6-12(14(16-3)7-11(10)2)8-13-9-15-4-5-17-13/h6-7,13,15H,4-5,8-9H2,1-3H3. The maximum Gasteiger partial charge on any atom is 0.122 e. The Morgan fingerprint density at radius 2 is 2.12 bits per heavy atom. The van der Waals surface area contributed by atoms with Gasteiger partial charge in [-0.3, -0.25) is 0 Å². The zero-order valence-corrected chi connectivity index (χ0v) is 10.9. The summed E-state index contributed by atoms with van der Waals surface area (Å²) in [5.41, 5.74) is 3.82. The van der Waals surface area contributed by atoms with E-state index in [2.05, 4.69) is 31.3 Å². The zero-order valence-electron chi connectivity index (χ0n) is 10.9. The van der Waals surface area contributed by atoms with Crippen molar-refractivity contribution in [2.45, 2.75) is 26.4 Å². The second-order valence-electron chi connectivity index (χ2n) is 4.65. The van der Waals surface area contributed by atoms with Crippen LogP contribution in [0.25, 0.3) is 0 Å². The van der Waals surface area contributed by atoms with Gasteiger partial charge >= 0.3 is 0 Å². The number of benzene rings is 1. The molecule has 1 aliphatic heterocycles. The highest BCUT2D eigenvalue weighted by Gasteiger charge is 2.16. The molecule has 1 aromatic carbocycles. The summed E-state index contributed by atoms with van der Waals surface area (Å²) < 4.78 is 11.2. The van der Waals surface area contributed by atoms with Crippen molar-refractivity contribution < 1.29 is 9.47 Å². The van der Waals surface area contributed by atoms with Crippen LogP contribution in [0.2, 0.25) is 0 Å². The molecule has 17 heavy (non-hydrogen) atoms. The molecule has 0 radical (unpaired) electrons. The van der Waals surface area contributed by atoms with E-state index in [0.29, 0.717) is 0 Å². The molecule has 94 valence electrons. The van der Waals surface area contributed by atoms with Crippen LogP contribution < -0.4 is 10.1 Å². The third kappa shape index (κ3) is 2.99. The third-order valence-electron chi connectivity index (χ3n) is 3.35. The topological polar surface area (TPSA) is 30.5 Å². The maximum absolute atomic E-state index is 5.73. The second kappa shape index (κ2) is 5.52. The first kappa shape index (κ1) is 12.4. The molecule has 1 heterocycles. The number of ether oxygens (including phenoxy) is 2. The number of rotatable bonds is 3. The molecule has 3 nitrogen and oxygen atoms in total. The molecule has 1 aliphatic rings. The summed E-state index contributed by atoms with van der Waals surface area (Å²) in [6.07, 6.45) is 1.18. The van der Waals surface area contributed by atoms with Crippen molar-refractivity contribution in [2.24, 2.45) is 0 Å². The van der Waals surface area contributed by atoms with Crippen molar-refractivity contribution in [1.29, 1.82) is 0 Å². The Labute approximate surface area is 103 Å². The van der Waals surface area contributed by atoms with Gasteiger partial charge in [0.15, 0.2) is 0 Å². The lowest BCUT2D eigenvalue weighted by molar-refractivity contribution is 0.0289. The van der Waals surface area contributed by atoms with Gasteiger partial charge in [0.1, 0.15) is 5.75 Å². The molecule has 1 aromatic rings. The van der Waals surface area contributed by atoms with Crippen LogP contribution in [0.1, 0.15) is 16.7 Å². The first-order valence-electron chi connectivity index (χ1n) is 6.17. The quantitative estimate of drug-likeness (QED) is 0.867. The lowest BCUT2D eigenvalue weighted by Crippen LogP contribution is -2.39. The molecule has 0 aliphatic carbocycles. The minimum atomic E-state index is 0.264. The van der Waals surface area contributed by atoms with Gasteiger partial charge in [-0.2, -0.15) is 0 Å². The van der Waals surface area contributed by atoms with Crippen LogP contribution in [-0.2, 0) is 11.2 Å². The Hall–Kier alpha value is -1.06. The van der Waals surface area contributed by atoms with E-state index in [1.165, 1.54) is 16.7 Å². The predicted octanol–water partition coefficient (Wildman–Crippen LogP) is 1.84. The SMILES string of the molecule is COc1cc(C)c(C)cc1CC1CNCCO1. The predicted molar refractivity (Wildman–Crippen MR) is 68.8 cm³/mol. The summed E-state index contributed by atoms with van der Waals surface area (Å²) in [6.45, 7) is 6.94. The highest BCUT2D eigenvalue weighted by atomic mass is 16.5. The van der Waals surface area contributed by atoms with Crippen LogP contribution in [0, 0.1) is 13.8 Å². The molecule has 0 bridgehead atoms. The van der Waals surface area contributed by atoms with E-state index in [9.17, 15) is 0 Å². The lowest BCUT2D eigenvalue weighted by atomic mass is 10.00. The van der Waals surface area contributed by atoms with Crippen LogP contribution in [0.5, 0.6) is 5.75 Å². The highest BCUT2D eigenvalue weighted by Crippen LogP contribution is 2.25. The van der Waals surface area contributed by atoms with Crippen molar-refractivity contribution in [2.75, 3.05) is 26.8 Å². The summed E-state index contributed by atoms with van der Waals surface area (Å²) in [5, 5.41) is 3.35. The number of hydrogen-bond acceptors (Lipinski definition) is 3. The van der Waals surface area contributed by atoms with Gasteiger partial charge in [0.25, 0.3) is 0 Å². The molecule has 1 atom stereocenters. The van der Waals surface area contributed by atoms with Gasteiger partial charge in [-0.15, -0.1) is 0 Å². The van der Waals surface area contributed by atoms with Crippen molar-refractivity contribution in [1.82, 2.24) is 5.32 Å². The summed E-state index contributed by atoms with van der Waals surface area (Å²) in [5.74, 6) is 0.974. The van der Waals surface area contributed by atoms with Gasteiger partial charge < -0.3 is 14.8 Å². The summed E-state index contributed by atoms with van der Waals surface area (Å²) in [6, 6.07) is 4.33. The van der Waals surface area contributed by atoms with Crippen molar-refractivity contribution in [3.05, 3.63) is 28.8 Å². The Kier molecular flexibility index (Phi) is 4.02. The highest BCUT2D eigenvalue weighted by molar-refractivity contribution is 5.42. The normalized spacial score (nSPS) is 20.3. The average molecular weight is 235 g/mol. The first-order valence-corrected chi connectivity index (χ1v) is 6.17. The zero-order chi connectivity index (χ0) is 12.3.